The molecule has 0 unspecified atom stereocenters. The maximum Gasteiger partial charge on any atom is 0.289 e. The minimum absolute atomic E-state index is 0.0286. The number of nitrogen functional groups attached to an aromatic ring is 1. The number of methoxy groups -OCH3 is 2. The summed E-state index contributed by atoms with van der Waals surface area (Å²) >= 11 is 0. The highest BCUT2D eigenvalue weighted by atomic mass is 16.5. The Bertz CT molecular complexity index is 1060. The molecule has 1 amide bonds. The van der Waals surface area contributed by atoms with Gasteiger partial charge in [-0.15, -0.1) is 0 Å². The summed E-state index contributed by atoms with van der Waals surface area (Å²) in [5, 5.41) is 0.684. The maximum absolute atomic E-state index is 12.5. The summed E-state index contributed by atoms with van der Waals surface area (Å²) in [6.07, 6.45) is -0.0286. The number of nitrogens with two attached hydrogens (primary N) is 1. The molecule has 2 N–H and O–H groups in total. The van der Waals surface area contributed by atoms with Crippen LogP contribution in [0, 0.1) is 0 Å². The minimum Gasteiger partial charge on any atom is -0.493 e. The van der Waals surface area contributed by atoms with E-state index in [9.17, 15) is 4.79 Å². The monoisotopic (exact) mass is 385 g/mol. The number of carbonyl (C=O) groups excluding carboxylic acids is 1. The summed E-state index contributed by atoms with van der Waals surface area (Å²) in [6, 6.07) is 6.50. The number of aromatic nitrogens is 2. The number of anilines is 2. The molecule has 0 bridgehead atoms. The fourth-order valence-corrected chi connectivity index (χ4v) is 3.23. The van der Waals surface area contributed by atoms with Gasteiger partial charge in [0.25, 0.3) is 5.91 Å². The summed E-state index contributed by atoms with van der Waals surface area (Å²) in [4.78, 5) is 25.2. The van der Waals surface area contributed by atoms with Gasteiger partial charge in [-0.3, -0.25) is 4.79 Å². The molecule has 3 heterocycles. The fourth-order valence-electron chi connectivity index (χ4n) is 3.23. The molecule has 1 fully saturated rings. The zero-order chi connectivity index (χ0) is 20.5. The van der Waals surface area contributed by atoms with Gasteiger partial charge >= 0.3 is 0 Å². The first kappa shape index (κ1) is 16.7. The number of piperazine rings is 1. The lowest BCUT2D eigenvalue weighted by Gasteiger charge is -2.34. The predicted octanol–water partition coefficient (Wildman–Crippen LogP) is 1.78. The second-order valence-electron chi connectivity index (χ2n) is 6.33. The highest BCUT2D eigenvalue weighted by Gasteiger charge is 2.25. The van der Waals surface area contributed by atoms with Crippen molar-refractivity contribution < 1.29 is 20.1 Å². The number of nitrogens with zero attached hydrogens (tertiary/aromatic N) is 4. The summed E-state index contributed by atoms with van der Waals surface area (Å²) in [7, 11) is 3.12. The van der Waals surface area contributed by atoms with Crippen LogP contribution in [-0.2, 0) is 0 Å². The first-order valence-corrected chi connectivity index (χ1v) is 8.80. The molecule has 1 aliphatic heterocycles. The average molecular weight is 385 g/mol. The van der Waals surface area contributed by atoms with Crippen molar-refractivity contribution >= 4 is 28.6 Å². The maximum atomic E-state index is 12.5. The number of rotatable bonds is 4. The summed E-state index contributed by atoms with van der Waals surface area (Å²) in [6.45, 7) is 2.08. The third-order valence-electron chi connectivity index (χ3n) is 4.75. The van der Waals surface area contributed by atoms with E-state index < -0.39 is 0 Å². The molecule has 9 nitrogen and oxygen atoms in total. The van der Waals surface area contributed by atoms with E-state index in [1.165, 1.54) is 12.1 Å². The smallest absolute Gasteiger partial charge is 0.289 e. The van der Waals surface area contributed by atoms with Gasteiger partial charge in [0.2, 0.25) is 5.95 Å². The zero-order valence-electron chi connectivity index (χ0n) is 16.6. The Balaban J connectivity index is 1.54. The van der Waals surface area contributed by atoms with Crippen molar-refractivity contribution in [2.45, 2.75) is 0 Å². The van der Waals surface area contributed by atoms with Gasteiger partial charge in [0.05, 0.1) is 26.0 Å². The molecule has 146 valence electrons. The standard InChI is InChI=1S/C19H21N5O4/c1-26-15-10-12-13(11-16(15)27-2)21-19(22-17(12)20)24-7-5-23(6-8-24)18(25)14-4-3-9-28-14/h3-4,9-11H,5-8H2,1-2H3,(H2,20,21,22)/i9T. The van der Waals surface area contributed by atoms with Crippen LogP contribution in [-0.4, -0.2) is 61.2 Å². The Morgan fingerprint density at radius 1 is 1.18 bits per heavy atom. The van der Waals surface area contributed by atoms with Gasteiger partial charge in [0, 0.05) is 37.6 Å². The van der Waals surface area contributed by atoms with E-state index in [0.717, 1.165) is 0 Å². The van der Waals surface area contributed by atoms with E-state index in [1.54, 1.807) is 31.3 Å². The van der Waals surface area contributed by atoms with Gasteiger partial charge in [-0.05, 0) is 18.2 Å². The molecule has 28 heavy (non-hydrogen) atoms. The molecule has 0 saturated carbocycles. The second kappa shape index (κ2) is 7.26. The number of hydrogen-bond acceptors (Lipinski definition) is 8. The van der Waals surface area contributed by atoms with E-state index in [0.29, 0.717) is 60.3 Å². The molecule has 1 saturated heterocycles. The van der Waals surface area contributed by atoms with Gasteiger partial charge in [-0.2, -0.15) is 4.98 Å². The zero-order valence-corrected chi connectivity index (χ0v) is 15.6. The van der Waals surface area contributed by atoms with E-state index in [2.05, 4.69) is 9.97 Å². The van der Waals surface area contributed by atoms with Crippen LogP contribution >= 0.6 is 0 Å². The van der Waals surface area contributed by atoms with Gasteiger partial charge in [-0.1, -0.05) is 0 Å². The third-order valence-corrected chi connectivity index (χ3v) is 4.75. The van der Waals surface area contributed by atoms with Gasteiger partial charge in [0.1, 0.15) is 7.19 Å². The van der Waals surface area contributed by atoms with Crippen molar-refractivity contribution in [1.82, 2.24) is 14.9 Å². The number of furan rings is 1. The molecule has 9 heteroatoms. The normalized spacial score (nSPS) is 14.9. The summed E-state index contributed by atoms with van der Waals surface area (Å²) in [5.74, 6) is 1.93. The van der Waals surface area contributed by atoms with Gasteiger partial charge in [0.15, 0.2) is 17.3 Å². The lowest BCUT2D eigenvalue weighted by molar-refractivity contribution is 0.0714. The number of carbonyl (C=O) groups is 1. The number of fused-ring (bicyclic) bond motifs is 1. The van der Waals surface area contributed by atoms with Crippen molar-refractivity contribution in [2.24, 2.45) is 0 Å². The van der Waals surface area contributed by atoms with Crippen molar-refractivity contribution in [3.8, 4) is 11.5 Å². The van der Waals surface area contributed by atoms with Crippen LogP contribution in [0.2, 0.25) is 0 Å². The van der Waals surface area contributed by atoms with Crippen LogP contribution in [0.4, 0.5) is 11.8 Å². The van der Waals surface area contributed by atoms with Crippen LogP contribution in [0.25, 0.3) is 10.9 Å². The van der Waals surface area contributed by atoms with E-state index in [1.807, 2.05) is 4.90 Å². The Morgan fingerprint density at radius 3 is 2.54 bits per heavy atom. The second-order valence-corrected chi connectivity index (χ2v) is 6.33. The Kier molecular flexibility index (Phi) is 4.32. The van der Waals surface area contributed by atoms with Gasteiger partial charge < -0.3 is 29.4 Å². The highest BCUT2D eigenvalue weighted by molar-refractivity contribution is 5.92. The SMILES string of the molecule is [3H]c1ccc(C(=O)N2CCN(c3nc(N)c4cc(OC)c(OC)cc4n3)CC2)o1. The predicted molar refractivity (Wildman–Crippen MR) is 104 cm³/mol. The van der Waals surface area contributed by atoms with E-state index in [-0.39, 0.29) is 17.9 Å². The van der Waals surface area contributed by atoms with Crippen LogP contribution in [0.3, 0.4) is 0 Å². The quantitative estimate of drug-likeness (QED) is 0.724. The van der Waals surface area contributed by atoms with Gasteiger partial charge in [-0.25, -0.2) is 4.98 Å². The summed E-state index contributed by atoms with van der Waals surface area (Å²) < 4.78 is 23.2. The molecule has 0 atom stereocenters. The van der Waals surface area contributed by atoms with Crippen LogP contribution in [0.15, 0.2) is 34.9 Å². The topological polar surface area (TPSA) is 107 Å². The Hall–Kier alpha value is -3.49. The van der Waals surface area contributed by atoms with Crippen LogP contribution in [0.5, 0.6) is 11.5 Å². The lowest BCUT2D eigenvalue weighted by Crippen LogP contribution is -2.49. The van der Waals surface area contributed by atoms with Crippen molar-refractivity contribution in [3.05, 3.63) is 36.3 Å². The Labute approximate surface area is 163 Å². The molecular formula is C19H21N5O4. The van der Waals surface area contributed by atoms with Crippen molar-refractivity contribution in [3.63, 3.8) is 0 Å². The number of hydrogen-bond donors (Lipinski definition) is 1. The number of amides is 1. The lowest BCUT2D eigenvalue weighted by atomic mass is 10.2. The molecule has 0 aliphatic carbocycles. The number of ether oxygens (including phenoxy) is 2. The molecule has 0 radical (unpaired) electrons. The van der Waals surface area contributed by atoms with Crippen molar-refractivity contribution in [2.75, 3.05) is 51.0 Å². The number of benzene rings is 1. The van der Waals surface area contributed by atoms with Crippen LogP contribution in [0.1, 0.15) is 11.9 Å². The minimum atomic E-state index is -0.223. The average Bonchev–Trinajstić information content (AvgIpc) is 3.18. The van der Waals surface area contributed by atoms with E-state index >= 15 is 0 Å². The third kappa shape index (κ3) is 3.15. The molecule has 1 aliphatic rings. The first-order chi connectivity index (χ1) is 14.0. The first-order valence-electron chi connectivity index (χ1n) is 9.30. The largest absolute Gasteiger partial charge is 0.493 e. The molecule has 0 spiro atoms. The molecule has 1 aromatic carbocycles. The van der Waals surface area contributed by atoms with E-state index in [4.69, 9.17) is 21.0 Å². The molecular weight excluding hydrogens is 362 g/mol. The molecule has 3 aromatic rings. The molecule has 4 rings (SSSR count). The fraction of sp³-hybridized carbons (Fsp3) is 0.316. The van der Waals surface area contributed by atoms with Crippen molar-refractivity contribution in [1.29, 1.82) is 0 Å². The van der Waals surface area contributed by atoms with Crippen LogP contribution < -0.4 is 20.1 Å². The summed E-state index contributed by atoms with van der Waals surface area (Å²) in [5.41, 5.74) is 6.82. The Morgan fingerprint density at radius 2 is 1.89 bits per heavy atom. The molecule has 2 aromatic heterocycles. The highest BCUT2D eigenvalue weighted by Crippen LogP contribution is 2.34.